The smallest absolute Gasteiger partial charge is 0.0912 e. The third-order valence-corrected chi connectivity index (χ3v) is 1.64. The molecule has 0 aromatic carbocycles. The van der Waals surface area contributed by atoms with Gasteiger partial charge in [-0.2, -0.15) is 5.26 Å². The van der Waals surface area contributed by atoms with Gasteiger partial charge in [-0.05, 0) is 12.8 Å². The van der Waals surface area contributed by atoms with Crippen LogP contribution in [0.25, 0.3) is 0 Å². The normalized spacial score (nSPS) is 9.75. The first-order valence-electron chi connectivity index (χ1n) is 4.59. The highest BCUT2D eigenvalue weighted by Gasteiger charge is 1.91. The molecule has 0 aromatic rings. The highest BCUT2D eigenvalue weighted by atomic mass is 14.2. The molecule has 0 unspecified atom stereocenters. The minimum atomic E-state index is 1.16. The van der Waals surface area contributed by atoms with Crippen molar-refractivity contribution in [3.63, 3.8) is 0 Å². The van der Waals surface area contributed by atoms with E-state index in [2.05, 4.69) is 19.9 Å². The molecule has 0 bridgehead atoms. The second-order valence-electron chi connectivity index (χ2n) is 2.81. The van der Waals surface area contributed by atoms with Crippen LogP contribution in [0.3, 0.4) is 0 Å². The molecule has 0 spiro atoms. The summed E-state index contributed by atoms with van der Waals surface area (Å²) in [4.78, 5) is 0. The fourth-order valence-corrected chi connectivity index (χ4v) is 1.16. The Kier molecular flexibility index (Phi) is 7.38. The number of rotatable bonds is 5. The minimum Gasteiger partial charge on any atom is -0.193 e. The topological polar surface area (TPSA) is 23.8 Å². The van der Waals surface area contributed by atoms with Gasteiger partial charge in [-0.3, -0.25) is 0 Å². The lowest BCUT2D eigenvalue weighted by Crippen LogP contribution is -1.81. The number of hydrogen-bond donors (Lipinski definition) is 0. The second kappa shape index (κ2) is 8.07. The van der Waals surface area contributed by atoms with Crippen LogP contribution in [-0.4, -0.2) is 0 Å². The molecular weight excluding hydrogens is 146 g/mol. The fourth-order valence-electron chi connectivity index (χ4n) is 1.16. The van der Waals surface area contributed by atoms with Crippen LogP contribution in [0.1, 0.15) is 39.5 Å². The van der Waals surface area contributed by atoms with Crippen LogP contribution in [0, 0.1) is 11.3 Å². The van der Waals surface area contributed by atoms with Gasteiger partial charge >= 0.3 is 0 Å². The Balaban J connectivity index is 3.99. The van der Waals surface area contributed by atoms with Gasteiger partial charge in [0.15, 0.2) is 0 Å². The van der Waals surface area contributed by atoms with Gasteiger partial charge in [-0.15, -0.1) is 0 Å². The van der Waals surface area contributed by atoms with Crippen LogP contribution < -0.4 is 0 Å². The SMILES string of the molecule is CCCC(=C/C=C/C#N)CCC. The van der Waals surface area contributed by atoms with Crippen molar-refractivity contribution in [3.8, 4) is 6.07 Å². The lowest BCUT2D eigenvalue weighted by atomic mass is 10.1. The second-order valence-corrected chi connectivity index (χ2v) is 2.81. The van der Waals surface area contributed by atoms with Crippen molar-refractivity contribution < 1.29 is 0 Å². The number of hydrogen-bond acceptors (Lipinski definition) is 1. The molecule has 0 saturated carbocycles. The summed E-state index contributed by atoms with van der Waals surface area (Å²) in [5.74, 6) is 0. The van der Waals surface area contributed by atoms with Gasteiger partial charge in [0, 0.05) is 6.08 Å². The molecular formula is C11H17N. The highest BCUT2D eigenvalue weighted by molar-refractivity contribution is 5.17. The van der Waals surface area contributed by atoms with E-state index in [0.29, 0.717) is 0 Å². The first kappa shape index (κ1) is 11.0. The van der Waals surface area contributed by atoms with Crippen LogP contribution in [0.2, 0.25) is 0 Å². The van der Waals surface area contributed by atoms with Crippen molar-refractivity contribution in [2.45, 2.75) is 39.5 Å². The maximum absolute atomic E-state index is 8.27. The van der Waals surface area contributed by atoms with Gasteiger partial charge in [-0.1, -0.05) is 44.4 Å². The van der Waals surface area contributed by atoms with E-state index in [9.17, 15) is 0 Å². The molecule has 0 N–H and O–H groups in total. The van der Waals surface area contributed by atoms with E-state index in [1.54, 1.807) is 0 Å². The molecule has 0 amide bonds. The molecule has 0 aliphatic rings. The quantitative estimate of drug-likeness (QED) is 0.449. The highest BCUT2D eigenvalue weighted by Crippen LogP contribution is 2.11. The third-order valence-electron chi connectivity index (χ3n) is 1.64. The maximum atomic E-state index is 8.27. The summed E-state index contributed by atoms with van der Waals surface area (Å²) in [5, 5.41) is 8.27. The number of nitrogens with zero attached hydrogens (tertiary/aromatic N) is 1. The first-order chi connectivity index (χ1) is 5.85. The van der Waals surface area contributed by atoms with E-state index < -0.39 is 0 Å². The summed E-state index contributed by atoms with van der Waals surface area (Å²) < 4.78 is 0. The van der Waals surface area contributed by atoms with E-state index in [1.165, 1.54) is 24.5 Å². The molecule has 0 heterocycles. The molecule has 0 aliphatic heterocycles. The molecule has 0 atom stereocenters. The van der Waals surface area contributed by atoms with Crippen LogP contribution in [0.4, 0.5) is 0 Å². The Morgan fingerprint density at radius 3 is 2.25 bits per heavy atom. The van der Waals surface area contributed by atoms with Crippen molar-refractivity contribution in [3.05, 3.63) is 23.8 Å². The average molecular weight is 163 g/mol. The number of nitriles is 1. The Hall–Kier alpha value is -1.03. The largest absolute Gasteiger partial charge is 0.193 e. The minimum absolute atomic E-state index is 1.16. The Morgan fingerprint density at radius 1 is 1.25 bits per heavy atom. The summed E-state index contributed by atoms with van der Waals surface area (Å²) in [7, 11) is 0. The van der Waals surface area contributed by atoms with Crippen LogP contribution in [0.15, 0.2) is 23.8 Å². The summed E-state index contributed by atoms with van der Waals surface area (Å²) >= 11 is 0. The predicted octanol–water partition coefficient (Wildman–Crippen LogP) is 3.59. The molecule has 1 nitrogen and oxygen atoms in total. The Morgan fingerprint density at radius 2 is 1.83 bits per heavy atom. The predicted molar refractivity (Wildman–Crippen MR) is 52.7 cm³/mol. The average Bonchev–Trinajstić information content (AvgIpc) is 2.06. The molecule has 0 saturated heterocycles. The van der Waals surface area contributed by atoms with Gasteiger partial charge in [-0.25, -0.2) is 0 Å². The summed E-state index contributed by atoms with van der Waals surface area (Å²) in [6.45, 7) is 4.36. The fraction of sp³-hybridized carbons (Fsp3) is 0.545. The van der Waals surface area contributed by atoms with Gasteiger partial charge in [0.1, 0.15) is 0 Å². The van der Waals surface area contributed by atoms with Crippen molar-refractivity contribution in [2.24, 2.45) is 0 Å². The first-order valence-corrected chi connectivity index (χ1v) is 4.59. The monoisotopic (exact) mass is 163 g/mol. The zero-order chi connectivity index (χ0) is 9.23. The van der Waals surface area contributed by atoms with Crippen molar-refractivity contribution in [1.82, 2.24) is 0 Å². The molecule has 0 rings (SSSR count). The number of allylic oxidation sites excluding steroid dienone is 4. The lowest BCUT2D eigenvalue weighted by molar-refractivity contribution is 0.803. The Bertz CT molecular complexity index is 186. The van der Waals surface area contributed by atoms with Crippen LogP contribution in [0.5, 0.6) is 0 Å². The van der Waals surface area contributed by atoms with Gasteiger partial charge in [0.2, 0.25) is 0 Å². The maximum Gasteiger partial charge on any atom is 0.0912 e. The summed E-state index contributed by atoms with van der Waals surface area (Å²) in [5.41, 5.74) is 1.45. The Labute approximate surface area is 75.4 Å². The van der Waals surface area contributed by atoms with E-state index in [4.69, 9.17) is 5.26 Å². The van der Waals surface area contributed by atoms with Gasteiger partial charge in [0.05, 0.1) is 6.07 Å². The van der Waals surface area contributed by atoms with E-state index >= 15 is 0 Å². The van der Waals surface area contributed by atoms with Gasteiger partial charge < -0.3 is 0 Å². The summed E-state index contributed by atoms with van der Waals surface area (Å²) in [6.07, 6.45) is 10.1. The molecule has 12 heavy (non-hydrogen) atoms. The zero-order valence-electron chi connectivity index (χ0n) is 8.01. The van der Waals surface area contributed by atoms with E-state index in [-0.39, 0.29) is 0 Å². The van der Waals surface area contributed by atoms with Crippen molar-refractivity contribution in [2.75, 3.05) is 0 Å². The standard InChI is InChI=1S/C11H17N/c1-3-7-11(8-4-2)9-5-6-10-12/h5-6,9H,3-4,7-8H2,1-2H3/b6-5+. The molecule has 0 fully saturated rings. The molecule has 1 heteroatoms. The molecule has 0 aromatic heterocycles. The summed E-state index contributed by atoms with van der Waals surface area (Å²) in [6, 6.07) is 1.98. The van der Waals surface area contributed by atoms with Gasteiger partial charge in [0.25, 0.3) is 0 Å². The molecule has 0 radical (unpaired) electrons. The van der Waals surface area contributed by atoms with Crippen LogP contribution >= 0.6 is 0 Å². The van der Waals surface area contributed by atoms with E-state index in [0.717, 1.165) is 12.8 Å². The van der Waals surface area contributed by atoms with Crippen molar-refractivity contribution in [1.29, 1.82) is 5.26 Å². The van der Waals surface area contributed by atoms with Crippen molar-refractivity contribution >= 4 is 0 Å². The third kappa shape index (κ3) is 5.73. The lowest BCUT2D eigenvalue weighted by Gasteiger charge is -2.01. The van der Waals surface area contributed by atoms with E-state index in [1.807, 2.05) is 12.1 Å². The molecule has 66 valence electrons. The van der Waals surface area contributed by atoms with Crippen LogP contribution in [-0.2, 0) is 0 Å². The molecule has 0 aliphatic carbocycles. The zero-order valence-corrected chi connectivity index (χ0v) is 8.01.